The molecule has 3 aromatic rings. The molecule has 43 heavy (non-hydrogen) atoms. The molecule has 1 atom stereocenters. The minimum absolute atomic E-state index is 0.0494. The second-order valence-electron chi connectivity index (χ2n) is 10.9. The van der Waals surface area contributed by atoms with Gasteiger partial charge in [-0.1, -0.05) is 12.1 Å². The van der Waals surface area contributed by atoms with Crippen LogP contribution in [0, 0.1) is 0 Å². The Morgan fingerprint density at radius 1 is 0.884 bits per heavy atom. The molecule has 220 valence electrons. The van der Waals surface area contributed by atoms with Gasteiger partial charge in [-0.2, -0.15) is 0 Å². The third-order valence-electron chi connectivity index (χ3n) is 8.22. The SMILES string of the molecule is COc1ccc(N2C(=O)c3cc(CN4C(=O)c5ccc(NC(=O)C(N)=O)cc5C4=O)ccc3C2C)cc1OC1CCCC1. The zero-order chi connectivity index (χ0) is 30.4. The van der Waals surface area contributed by atoms with Crippen molar-refractivity contribution in [3.05, 3.63) is 82.4 Å². The number of carbonyl (C=O) groups is 5. The maximum atomic E-state index is 13.7. The van der Waals surface area contributed by atoms with Gasteiger partial charge in [0.15, 0.2) is 11.5 Å². The van der Waals surface area contributed by atoms with Crippen LogP contribution in [0.1, 0.15) is 80.8 Å². The molecule has 2 heterocycles. The second-order valence-corrected chi connectivity index (χ2v) is 10.9. The lowest BCUT2D eigenvalue weighted by Gasteiger charge is -2.24. The lowest BCUT2D eigenvalue weighted by Crippen LogP contribution is -2.29. The number of hydrogen-bond acceptors (Lipinski definition) is 7. The monoisotopic (exact) mass is 582 g/mol. The van der Waals surface area contributed by atoms with Gasteiger partial charge in [0.2, 0.25) is 0 Å². The van der Waals surface area contributed by atoms with E-state index < -0.39 is 23.6 Å². The summed E-state index contributed by atoms with van der Waals surface area (Å²) in [5.41, 5.74) is 8.04. The standard InChI is InChI=1S/C32H30N4O7/c1-17-22-10-7-18(16-35-30(39)23-11-8-19(14-25(23)31(35)40)34-29(38)28(33)37)13-24(22)32(41)36(17)20-9-12-26(42-2)27(15-20)43-21-5-3-4-6-21/h7-15,17,21H,3-6,16H2,1-2H3,(H2,33,37)(H,34,38). The zero-order valence-electron chi connectivity index (χ0n) is 23.7. The lowest BCUT2D eigenvalue weighted by atomic mass is 10.0. The number of rotatable bonds is 7. The van der Waals surface area contributed by atoms with Gasteiger partial charge < -0.3 is 25.4 Å². The van der Waals surface area contributed by atoms with E-state index in [1.807, 2.05) is 25.1 Å². The van der Waals surface area contributed by atoms with Crippen LogP contribution >= 0.6 is 0 Å². The molecule has 3 N–H and O–H groups in total. The average Bonchev–Trinajstić information content (AvgIpc) is 3.66. The van der Waals surface area contributed by atoms with E-state index in [1.165, 1.54) is 18.2 Å². The molecule has 1 aliphatic carbocycles. The van der Waals surface area contributed by atoms with Crippen LogP contribution in [-0.4, -0.2) is 47.6 Å². The van der Waals surface area contributed by atoms with E-state index in [1.54, 1.807) is 30.2 Å². The van der Waals surface area contributed by atoms with Crippen molar-refractivity contribution in [1.82, 2.24) is 4.90 Å². The summed E-state index contributed by atoms with van der Waals surface area (Å²) >= 11 is 0. The Bertz CT molecular complexity index is 1690. The van der Waals surface area contributed by atoms with Crippen molar-refractivity contribution in [3.8, 4) is 11.5 Å². The summed E-state index contributed by atoms with van der Waals surface area (Å²) in [7, 11) is 1.59. The molecule has 11 heteroatoms. The number of ether oxygens (including phenoxy) is 2. The van der Waals surface area contributed by atoms with E-state index in [0.29, 0.717) is 28.3 Å². The number of anilines is 2. The Balaban J connectivity index is 1.22. The van der Waals surface area contributed by atoms with Crippen molar-refractivity contribution in [2.45, 2.75) is 51.3 Å². The van der Waals surface area contributed by atoms with E-state index >= 15 is 0 Å². The summed E-state index contributed by atoms with van der Waals surface area (Å²) in [6.07, 6.45) is 4.35. The van der Waals surface area contributed by atoms with Crippen LogP contribution in [0.5, 0.6) is 11.5 Å². The maximum absolute atomic E-state index is 13.7. The van der Waals surface area contributed by atoms with Crippen molar-refractivity contribution in [1.29, 1.82) is 0 Å². The minimum Gasteiger partial charge on any atom is -0.493 e. The molecule has 1 saturated carbocycles. The van der Waals surface area contributed by atoms with Crippen molar-refractivity contribution in [3.63, 3.8) is 0 Å². The molecule has 0 saturated heterocycles. The number of carbonyl (C=O) groups excluding carboxylic acids is 5. The summed E-state index contributed by atoms with van der Waals surface area (Å²) in [4.78, 5) is 65.5. The molecule has 1 unspecified atom stereocenters. The van der Waals surface area contributed by atoms with Gasteiger partial charge in [0, 0.05) is 23.0 Å². The average molecular weight is 583 g/mol. The van der Waals surface area contributed by atoms with Crippen LogP contribution in [0.15, 0.2) is 54.6 Å². The van der Waals surface area contributed by atoms with E-state index in [9.17, 15) is 24.0 Å². The van der Waals surface area contributed by atoms with Crippen LogP contribution in [0.3, 0.4) is 0 Å². The summed E-state index contributed by atoms with van der Waals surface area (Å²) in [6, 6.07) is 14.8. The number of primary amides is 1. The van der Waals surface area contributed by atoms with Crippen molar-refractivity contribution >= 4 is 40.9 Å². The minimum atomic E-state index is -1.17. The predicted octanol–water partition coefficient (Wildman–Crippen LogP) is 3.96. The molecule has 11 nitrogen and oxygen atoms in total. The molecule has 0 bridgehead atoms. The Morgan fingerprint density at radius 2 is 1.63 bits per heavy atom. The fourth-order valence-corrected chi connectivity index (χ4v) is 6.02. The van der Waals surface area contributed by atoms with Crippen LogP contribution in [0.25, 0.3) is 0 Å². The van der Waals surface area contributed by atoms with Gasteiger partial charge in [0.25, 0.3) is 17.7 Å². The molecule has 3 aliphatic rings. The van der Waals surface area contributed by atoms with E-state index in [2.05, 4.69) is 5.32 Å². The molecular weight excluding hydrogens is 552 g/mol. The summed E-state index contributed by atoms with van der Waals surface area (Å²) in [5, 5.41) is 2.30. The normalized spacial score (nSPS) is 17.7. The highest BCUT2D eigenvalue weighted by molar-refractivity contribution is 6.39. The Hall–Kier alpha value is -5.19. The number of methoxy groups -OCH3 is 1. The highest BCUT2D eigenvalue weighted by Gasteiger charge is 2.38. The molecule has 0 radical (unpaired) electrons. The largest absolute Gasteiger partial charge is 0.493 e. The molecule has 0 aromatic heterocycles. The van der Waals surface area contributed by atoms with Gasteiger partial charge in [-0.3, -0.25) is 28.9 Å². The molecule has 3 aromatic carbocycles. The quantitative estimate of drug-likeness (QED) is 0.316. The summed E-state index contributed by atoms with van der Waals surface area (Å²) in [6.45, 7) is 1.90. The fourth-order valence-electron chi connectivity index (χ4n) is 6.02. The first kappa shape index (κ1) is 28.0. The number of imide groups is 1. The topological polar surface area (TPSA) is 148 Å². The Morgan fingerprint density at radius 3 is 2.35 bits per heavy atom. The first-order valence-electron chi connectivity index (χ1n) is 14.1. The van der Waals surface area contributed by atoms with Crippen molar-refractivity contribution < 1.29 is 33.4 Å². The molecular formula is C32H30N4O7. The van der Waals surface area contributed by atoms with Crippen LogP contribution in [0.2, 0.25) is 0 Å². The van der Waals surface area contributed by atoms with Gasteiger partial charge in [-0.25, -0.2) is 0 Å². The van der Waals surface area contributed by atoms with E-state index in [-0.39, 0.29) is 41.4 Å². The highest BCUT2D eigenvalue weighted by Crippen LogP contribution is 2.42. The van der Waals surface area contributed by atoms with Gasteiger partial charge >= 0.3 is 11.8 Å². The Kier molecular flexibility index (Phi) is 7.09. The van der Waals surface area contributed by atoms with Crippen molar-refractivity contribution in [2.75, 3.05) is 17.3 Å². The molecule has 6 rings (SSSR count). The molecule has 5 amide bonds. The third kappa shape index (κ3) is 4.96. The number of benzene rings is 3. The maximum Gasteiger partial charge on any atom is 0.313 e. The van der Waals surface area contributed by atoms with Crippen LogP contribution in [0.4, 0.5) is 11.4 Å². The van der Waals surface area contributed by atoms with Crippen LogP contribution in [-0.2, 0) is 16.1 Å². The first-order valence-corrected chi connectivity index (χ1v) is 14.1. The number of fused-ring (bicyclic) bond motifs is 2. The molecule has 1 fully saturated rings. The van der Waals surface area contributed by atoms with Crippen molar-refractivity contribution in [2.24, 2.45) is 5.73 Å². The lowest BCUT2D eigenvalue weighted by molar-refractivity contribution is -0.134. The first-order chi connectivity index (χ1) is 20.7. The summed E-state index contributed by atoms with van der Waals surface area (Å²) in [5.74, 6) is -2.24. The Labute approximate surface area is 247 Å². The highest BCUT2D eigenvalue weighted by atomic mass is 16.5. The number of nitrogens with one attached hydrogen (secondary N) is 1. The van der Waals surface area contributed by atoms with Crippen LogP contribution < -0.4 is 25.4 Å². The summed E-state index contributed by atoms with van der Waals surface area (Å²) < 4.78 is 11.8. The zero-order valence-corrected chi connectivity index (χ0v) is 23.7. The predicted molar refractivity (Wildman–Crippen MR) is 156 cm³/mol. The number of nitrogens with zero attached hydrogens (tertiary/aromatic N) is 2. The van der Waals surface area contributed by atoms with E-state index in [0.717, 1.165) is 36.1 Å². The van der Waals surface area contributed by atoms with Gasteiger partial charge in [0.05, 0.1) is 36.9 Å². The van der Waals surface area contributed by atoms with Gasteiger partial charge in [-0.15, -0.1) is 0 Å². The van der Waals surface area contributed by atoms with E-state index in [4.69, 9.17) is 15.2 Å². The molecule has 0 spiro atoms. The smallest absolute Gasteiger partial charge is 0.313 e. The van der Waals surface area contributed by atoms with Gasteiger partial charge in [0.1, 0.15) is 0 Å². The number of hydrogen-bond donors (Lipinski definition) is 2. The number of amides is 5. The fraction of sp³-hybridized carbons (Fsp3) is 0.281. The second kappa shape index (κ2) is 10.9. The third-order valence-corrected chi connectivity index (χ3v) is 8.22. The van der Waals surface area contributed by atoms with Gasteiger partial charge in [-0.05, 0) is 80.1 Å². The number of nitrogens with two attached hydrogens (primary N) is 1. The molecule has 2 aliphatic heterocycles.